The van der Waals surface area contributed by atoms with Crippen LogP contribution in [0.5, 0.6) is 0 Å². The Kier molecular flexibility index (Phi) is 4.84. The van der Waals surface area contributed by atoms with Crippen LogP contribution in [0.25, 0.3) is 6.08 Å². The van der Waals surface area contributed by atoms with E-state index >= 15 is 0 Å². The first-order valence-corrected chi connectivity index (χ1v) is 6.46. The molecule has 1 aliphatic rings. The van der Waals surface area contributed by atoms with E-state index in [1.165, 1.54) is 6.20 Å². The lowest BCUT2D eigenvalue weighted by Gasteiger charge is -2.15. The Labute approximate surface area is 124 Å². The van der Waals surface area contributed by atoms with Crippen molar-refractivity contribution in [2.24, 2.45) is 0 Å². The molecule has 1 aromatic heterocycles. The van der Waals surface area contributed by atoms with Crippen LogP contribution >= 0.6 is 0 Å². The van der Waals surface area contributed by atoms with Crippen molar-refractivity contribution in [2.75, 3.05) is 12.3 Å². The average molecular weight is 311 g/mol. The fourth-order valence-corrected chi connectivity index (χ4v) is 2.21. The molecule has 0 aromatic carbocycles. The number of anilines is 1. The third-order valence-corrected chi connectivity index (χ3v) is 3.25. The van der Waals surface area contributed by atoms with Crippen molar-refractivity contribution >= 4 is 11.9 Å². The quantitative estimate of drug-likeness (QED) is 0.882. The molecule has 0 aliphatic carbocycles. The first kappa shape index (κ1) is 16.1. The Morgan fingerprint density at radius 1 is 1.45 bits per heavy atom. The van der Waals surface area contributed by atoms with Gasteiger partial charge in [0.05, 0.1) is 19.3 Å². The topological polar surface area (TPSA) is 90.4 Å². The number of nitrogens with zero attached hydrogens (tertiary/aromatic N) is 2. The fourth-order valence-electron chi connectivity index (χ4n) is 2.21. The van der Waals surface area contributed by atoms with E-state index in [9.17, 15) is 18.7 Å². The molecule has 2 rings (SSSR count). The molecule has 2 heterocycles. The second-order valence-corrected chi connectivity index (χ2v) is 4.56. The molecule has 0 amide bonds. The first-order chi connectivity index (χ1) is 10.6. The van der Waals surface area contributed by atoms with Gasteiger partial charge >= 0.3 is 5.69 Å². The number of ether oxygens (including phenoxy) is 1. The normalized spacial score (nSPS) is 25.6. The van der Waals surface area contributed by atoms with Gasteiger partial charge in [-0.25, -0.2) is 13.6 Å². The lowest BCUT2D eigenvalue weighted by Crippen LogP contribution is -2.29. The van der Waals surface area contributed by atoms with Crippen molar-refractivity contribution in [1.29, 1.82) is 0 Å². The molecule has 2 atom stereocenters. The lowest BCUT2D eigenvalue weighted by molar-refractivity contribution is -0.00860. The van der Waals surface area contributed by atoms with Crippen LogP contribution in [-0.2, 0) is 4.74 Å². The third kappa shape index (κ3) is 2.70. The van der Waals surface area contributed by atoms with Gasteiger partial charge in [-0.15, -0.1) is 0 Å². The highest BCUT2D eigenvalue weighted by Gasteiger charge is 2.37. The van der Waals surface area contributed by atoms with Crippen LogP contribution in [0.3, 0.4) is 0 Å². The zero-order valence-electron chi connectivity index (χ0n) is 11.7. The maximum Gasteiger partial charge on any atom is 0.351 e. The molecule has 0 saturated carbocycles. The minimum atomic E-state index is -1.23. The summed E-state index contributed by atoms with van der Waals surface area (Å²) >= 11 is 0. The summed E-state index contributed by atoms with van der Waals surface area (Å²) in [6, 6.07) is 0. The minimum absolute atomic E-state index is 0.0168. The van der Waals surface area contributed by atoms with Crippen LogP contribution in [0.4, 0.5) is 14.6 Å². The van der Waals surface area contributed by atoms with Gasteiger partial charge in [0, 0.05) is 22.9 Å². The monoisotopic (exact) mass is 311 g/mol. The highest BCUT2D eigenvalue weighted by Crippen LogP contribution is 2.38. The van der Waals surface area contributed by atoms with E-state index in [0.717, 1.165) is 4.57 Å². The number of aliphatic hydroxyl groups is 1. The summed E-state index contributed by atoms with van der Waals surface area (Å²) in [5, 5.41) is 9.18. The number of nitrogens with two attached hydrogens (primary N) is 1. The molecular weight excluding hydrogens is 296 g/mol. The minimum Gasteiger partial charge on any atom is -0.393 e. The molecule has 0 spiro atoms. The van der Waals surface area contributed by atoms with Crippen molar-refractivity contribution in [2.45, 2.75) is 19.3 Å². The van der Waals surface area contributed by atoms with Crippen molar-refractivity contribution in [3.05, 3.63) is 52.1 Å². The maximum absolute atomic E-state index is 13.1. The van der Waals surface area contributed by atoms with Crippen LogP contribution in [-0.4, -0.2) is 27.4 Å². The summed E-state index contributed by atoms with van der Waals surface area (Å²) in [4.78, 5) is 15.6. The van der Waals surface area contributed by atoms with E-state index in [-0.39, 0.29) is 29.6 Å². The smallest absolute Gasteiger partial charge is 0.351 e. The van der Waals surface area contributed by atoms with Gasteiger partial charge in [0.2, 0.25) is 0 Å². The number of nitrogen functional groups attached to an aromatic ring is 1. The summed E-state index contributed by atoms with van der Waals surface area (Å²) in [5.74, 6) is 0.0168. The molecule has 0 bridgehead atoms. The van der Waals surface area contributed by atoms with E-state index in [1.54, 1.807) is 19.1 Å². The first-order valence-electron chi connectivity index (χ1n) is 6.46. The Morgan fingerprint density at radius 3 is 2.68 bits per heavy atom. The molecule has 0 radical (unpaired) electrons. The molecule has 1 aliphatic heterocycles. The predicted molar refractivity (Wildman–Crippen MR) is 77.0 cm³/mol. The summed E-state index contributed by atoms with van der Waals surface area (Å²) in [6.07, 6.45) is 2.64. The zero-order chi connectivity index (χ0) is 16.3. The Morgan fingerprint density at radius 2 is 2.14 bits per heavy atom. The Bertz CT molecular complexity index is 710. The number of halogens is 2. The van der Waals surface area contributed by atoms with Crippen molar-refractivity contribution < 1.29 is 18.6 Å². The van der Waals surface area contributed by atoms with E-state index < -0.39 is 24.6 Å². The molecule has 3 N–H and O–H groups in total. The Balaban J connectivity index is 2.56. The number of aliphatic hydroxyl groups excluding tert-OH is 1. The molecule has 1 saturated heterocycles. The molecule has 118 valence electrons. The molecule has 1 aromatic rings. The van der Waals surface area contributed by atoms with Gasteiger partial charge in [0.15, 0.2) is 6.23 Å². The van der Waals surface area contributed by atoms with Gasteiger partial charge in [-0.2, -0.15) is 4.98 Å². The van der Waals surface area contributed by atoms with E-state index in [4.69, 9.17) is 10.5 Å². The van der Waals surface area contributed by atoms with Gasteiger partial charge in [-0.05, 0) is 6.92 Å². The van der Waals surface area contributed by atoms with Crippen LogP contribution in [0.15, 0.2) is 40.9 Å². The van der Waals surface area contributed by atoms with Gasteiger partial charge in [-0.1, -0.05) is 12.2 Å². The second-order valence-electron chi connectivity index (χ2n) is 4.56. The van der Waals surface area contributed by atoms with Gasteiger partial charge < -0.3 is 15.6 Å². The summed E-state index contributed by atoms with van der Waals surface area (Å²) in [7, 11) is 0. The fraction of sp³-hybridized carbons (Fsp3) is 0.286. The number of aromatic nitrogens is 2. The molecule has 2 unspecified atom stereocenters. The predicted octanol–water partition coefficient (Wildman–Crippen LogP) is 1.46. The van der Waals surface area contributed by atoms with Crippen LogP contribution in [0, 0.1) is 0 Å². The largest absolute Gasteiger partial charge is 0.393 e. The molecule has 1 fully saturated rings. The van der Waals surface area contributed by atoms with Crippen molar-refractivity contribution in [1.82, 2.24) is 9.55 Å². The maximum atomic E-state index is 13.1. The standard InChI is InChI=1S/C14H15F2N3O3/c1-2-3-8-6-19(14(21)18-12(8)17)13-10(5-16)9(4-15)11(7-20)22-13/h2-6,11,13,20H,7H2,1H3,(H2,17,18,21)/b3-2+,9-4+,10-5+. The number of hydrogen-bond donors (Lipinski definition) is 2. The number of hydrogen-bond acceptors (Lipinski definition) is 5. The summed E-state index contributed by atoms with van der Waals surface area (Å²) in [5.41, 5.74) is 4.94. The third-order valence-electron chi connectivity index (χ3n) is 3.25. The van der Waals surface area contributed by atoms with E-state index in [2.05, 4.69) is 4.98 Å². The molecule has 22 heavy (non-hydrogen) atoms. The highest BCUT2D eigenvalue weighted by molar-refractivity contribution is 5.59. The van der Waals surface area contributed by atoms with Crippen LogP contribution in [0.1, 0.15) is 18.7 Å². The van der Waals surface area contributed by atoms with E-state index in [0.29, 0.717) is 5.56 Å². The van der Waals surface area contributed by atoms with Crippen LogP contribution < -0.4 is 11.4 Å². The molecular formula is C14H15F2N3O3. The lowest BCUT2D eigenvalue weighted by atomic mass is 10.1. The summed E-state index contributed by atoms with van der Waals surface area (Å²) < 4.78 is 32.4. The van der Waals surface area contributed by atoms with Gasteiger partial charge in [0.1, 0.15) is 11.9 Å². The second kappa shape index (κ2) is 6.63. The SMILES string of the molecule is C/C=C/c1cn(C2OC(CO)C(=C/F)/C2=C\F)c(=O)nc1N. The number of rotatable bonds is 3. The van der Waals surface area contributed by atoms with Crippen LogP contribution in [0.2, 0.25) is 0 Å². The highest BCUT2D eigenvalue weighted by atomic mass is 19.1. The number of allylic oxidation sites excluding steroid dienone is 1. The van der Waals surface area contributed by atoms with Gasteiger partial charge in [-0.3, -0.25) is 4.57 Å². The Hall–Kier alpha value is -2.32. The average Bonchev–Trinajstić information content (AvgIpc) is 2.87. The molecule has 6 nitrogen and oxygen atoms in total. The zero-order valence-corrected chi connectivity index (χ0v) is 11.7. The summed E-state index contributed by atoms with van der Waals surface area (Å²) in [6.45, 7) is 1.20. The molecule has 8 heteroatoms. The van der Waals surface area contributed by atoms with Gasteiger partial charge in [0.25, 0.3) is 0 Å². The van der Waals surface area contributed by atoms with E-state index in [1.807, 2.05) is 0 Å². The van der Waals surface area contributed by atoms with Crippen molar-refractivity contribution in [3.63, 3.8) is 0 Å². The van der Waals surface area contributed by atoms with Crippen molar-refractivity contribution in [3.8, 4) is 0 Å².